The molecule has 0 aromatic heterocycles. The van der Waals surface area contributed by atoms with Crippen molar-refractivity contribution in [2.45, 2.75) is 46.0 Å². The number of ether oxygens (including phenoxy) is 4. The second kappa shape index (κ2) is 13.6. The summed E-state index contributed by atoms with van der Waals surface area (Å²) in [5.74, 6) is -0.0944. The molecule has 0 fully saturated rings. The smallest absolute Gasteiger partial charge is 0.338 e. The van der Waals surface area contributed by atoms with Crippen molar-refractivity contribution in [3.63, 3.8) is 0 Å². The zero-order valence-electron chi connectivity index (χ0n) is 22.0. The molecule has 0 saturated carbocycles. The highest BCUT2D eigenvalue weighted by Crippen LogP contribution is 2.47. The molecular weight excluding hydrogens is 476 g/mol. The molecule has 2 rings (SSSR count). The van der Waals surface area contributed by atoms with Gasteiger partial charge in [-0.15, -0.1) is 0 Å². The Morgan fingerprint density at radius 2 is 1.14 bits per heavy atom. The molecule has 0 aliphatic rings. The van der Waals surface area contributed by atoms with Gasteiger partial charge in [0.15, 0.2) is 23.0 Å². The Morgan fingerprint density at radius 1 is 0.757 bits per heavy atom. The first-order valence-electron chi connectivity index (χ1n) is 12.0. The first-order chi connectivity index (χ1) is 17.5. The van der Waals surface area contributed by atoms with Crippen LogP contribution in [0, 0.1) is 0 Å². The average Bonchev–Trinajstić information content (AvgIpc) is 2.85. The van der Waals surface area contributed by atoms with Crippen molar-refractivity contribution in [2.75, 3.05) is 26.4 Å². The lowest BCUT2D eigenvalue weighted by Crippen LogP contribution is -2.23. The molecule has 37 heavy (non-hydrogen) atoms. The number of aliphatic hydroxyl groups is 2. The van der Waals surface area contributed by atoms with E-state index in [1.165, 1.54) is 0 Å². The first kappa shape index (κ1) is 29.6. The van der Waals surface area contributed by atoms with Crippen LogP contribution in [0.15, 0.2) is 60.7 Å². The fourth-order valence-electron chi connectivity index (χ4n) is 3.47. The monoisotopic (exact) mass is 512 g/mol. The fourth-order valence-corrected chi connectivity index (χ4v) is 3.47. The van der Waals surface area contributed by atoms with Crippen molar-refractivity contribution in [1.82, 2.24) is 0 Å². The number of para-hydroxylation sites is 2. The number of benzene rings is 2. The average molecular weight is 513 g/mol. The van der Waals surface area contributed by atoms with Gasteiger partial charge in [-0.1, -0.05) is 51.3 Å². The molecule has 0 saturated heterocycles. The minimum Gasteiger partial charge on any atom is -0.489 e. The van der Waals surface area contributed by atoms with Gasteiger partial charge in [-0.3, -0.25) is 0 Å². The molecule has 0 unspecified atom stereocenters. The lowest BCUT2D eigenvalue weighted by molar-refractivity contribution is -0.131. The third-order valence-corrected chi connectivity index (χ3v) is 5.50. The maximum Gasteiger partial charge on any atom is 0.338 e. The summed E-state index contributed by atoms with van der Waals surface area (Å²) < 4.78 is 23.2. The van der Waals surface area contributed by atoms with Crippen molar-refractivity contribution >= 4 is 11.9 Å². The molecule has 8 heteroatoms. The van der Waals surface area contributed by atoms with Gasteiger partial charge in [0.25, 0.3) is 0 Å². The van der Waals surface area contributed by atoms with E-state index in [2.05, 4.69) is 13.2 Å². The van der Waals surface area contributed by atoms with Gasteiger partial charge in [0.05, 0.1) is 13.2 Å². The van der Waals surface area contributed by atoms with Crippen molar-refractivity contribution in [3.05, 3.63) is 71.8 Å². The Morgan fingerprint density at radius 3 is 1.46 bits per heavy atom. The molecule has 2 aromatic rings. The first-order valence-corrected chi connectivity index (χ1v) is 12.0. The predicted octanol–water partition coefficient (Wildman–Crippen LogP) is 4.50. The summed E-state index contributed by atoms with van der Waals surface area (Å²) in [4.78, 5) is 24.6. The van der Waals surface area contributed by atoms with Crippen LogP contribution in [0.5, 0.6) is 23.0 Å². The van der Waals surface area contributed by atoms with Crippen LogP contribution in [0.3, 0.4) is 0 Å². The van der Waals surface area contributed by atoms with Crippen LogP contribution in [0.2, 0.25) is 0 Å². The summed E-state index contributed by atoms with van der Waals surface area (Å²) in [5.41, 5.74) is 1.01. The Kier molecular flexibility index (Phi) is 10.9. The second-order valence-electron chi connectivity index (χ2n) is 9.08. The lowest BCUT2D eigenvalue weighted by Gasteiger charge is -2.31. The number of esters is 2. The van der Waals surface area contributed by atoms with E-state index < -0.39 is 17.4 Å². The van der Waals surface area contributed by atoms with E-state index in [1.807, 2.05) is 26.0 Å². The Labute approximate surface area is 218 Å². The molecule has 0 radical (unpaired) electrons. The highest BCUT2D eigenvalue weighted by Gasteiger charge is 2.33. The number of aliphatic hydroxyl groups excluding tert-OH is 2. The minimum absolute atomic E-state index is 0.0641. The largest absolute Gasteiger partial charge is 0.489 e. The van der Waals surface area contributed by atoms with Crippen LogP contribution in [-0.2, 0) is 15.0 Å². The molecule has 0 aliphatic carbocycles. The van der Waals surface area contributed by atoms with Gasteiger partial charge in [0.1, 0.15) is 0 Å². The summed E-state index contributed by atoms with van der Waals surface area (Å²) in [7, 11) is 0. The topological polar surface area (TPSA) is 112 Å². The SMILES string of the molecule is C=C(C)C(=O)Oc1cccc(C(C)(C)c2cccc(OC(=O)C(=C)C)c2OCCCO)c1OCCCO. The van der Waals surface area contributed by atoms with Crippen molar-refractivity contribution < 1.29 is 38.7 Å². The summed E-state index contributed by atoms with van der Waals surface area (Å²) in [6.45, 7) is 14.5. The van der Waals surface area contributed by atoms with Gasteiger partial charge in [0, 0.05) is 53.7 Å². The molecule has 0 heterocycles. The van der Waals surface area contributed by atoms with Gasteiger partial charge in [-0.25, -0.2) is 9.59 Å². The van der Waals surface area contributed by atoms with Gasteiger partial charge < -0.3 is 29.2 Å². The molecule has 2 N–H and O–H groups in total. The van der Waals surface area contributed by atoms with E-state index in [0.29, 0.717) is 35.5 Å². The Bertz CT molecular complexity index is 1050. The van der Waals surface area contributed by atoms with Crippen LogP contribution in [0.4, 0.5) is 0 Å². The summed E-state index contributed by atoms with van der Waals surface area (Å²) in [6.07, 6.45) is 0.759. The maximum absolute atomic E-state index is 12.3. The van der Waals surface area contributed by atoms with Crippen LogP contribution in [-0.4, -0.2) is 48.6 Å². The van der Waals surface area contributed by atoms with Gasteiger partial charge >= 0.3 is 11.9 Å². The molecule has 0 aliphatic heterocycles. The summed E-state index contributed by atoms with van der Waals surface area (Å²) in [5, 5.41) is 18.5. The van der Waals surface area contributed by atoms with Gasteiger partial charge in [-0.05, 0) is 26.0 Å². The Hall–Kier alpha value is -3.62. The van der Waals surface area contributed by atoms with Crippen molar-refractivity contribution in [2.24, 2.45) is 0 Å². The lowest BCUT2D eigenvalue weighted by atomic mass is 9.77. The van der Waals surface area contributed by atoms with E-state index >= 15 is 0 Å². The van der Waals surface area contributed by atoms with E-state index in [1.54, 1.807) is 38.1 Å². The normalized spacial score (nSPS) is 11.0. The zero-order valence-corrected chi connectivity index (χ0v) is 22.0. The predicted molar refractivity (Wildman–Crippen MR) is 140 cm³/mol. The molecule has 0 spiro atoms. The molecule has 0 amide bonds. The molecular formula is C29H36O8. The quantitative estimate of drug-likeness (QED) is 0.165. The number of hydrogen-bond donors (Lipinski definition) is 2. The number of hydrogen-bond acceptors (Lipinski definition) is 8. The van der Waals surface area contributed by atoms with Crippen LogP contribution < -0.4 is 18.9 Å². The third-order valence-electron chi connectivity index (χ3n) is 5.50. The fraction of sp³-hybridized carbons (Fsp3) is 0.379. The van der Waals surface area contributed by atoms with Crippen LogP contribution >= 0.6 is 0 Å². The molecule has 200 valence electrons. The standard InChI is InChI=1S/C29H36O8/c1-19(2)27(32)36-23-13-7-11-21(25(23)34-17-9-15-30)29(5,6)22-12-8-14-24(37-28(33)20(3)4)26(22)35-18-10-16-31/h7-8,11-14,30-31H,1,3,9-10,15-18H2,2,4-6H3. The zero-order chi connectivity index (χ0) is 27.6. The van der Waals surface area contributed by atoms with E-state index in [4.69, 9.17) is 18.9 Å². The molecule has 2 aromatic carbocycles. The molecule has 8 nitrogen and oxygen atoms in total. The molecule has 0 atom stereocenters. The van der Waals surface area contributed by atoms with E-state index in [-0.39, 0.29) is 49.1 Å². The highest BCUT2D eigenvalue weighted by atomic mass is 16.6. The van der Waals surface area contributed by atoms with Crippen molar-refractivity contribution in [1.29, 1.82) is 0 Å². The van der Waals surface area contributed by atoms with E-state index in [0.717, 1.165) is 0 Å². The summed E-state index contributed by atoms with van der Waals surface area (Å²) >= 11 is 0. The van der Waals surface area contributed by atoms with Crippen LogP contribution in [0.1, 0.15) is 51.7 Å². The Balaban J connectivity index is 2.68. The second-order valence-corrected chi connectivity index (χ2v) is 9.08. The van der Waals surface area contributed by atoms with Gasteiger partial charge in [-0.2, -0.15) is 0 Å². The molecule has 0 bridgehead atoms. The van der Waals surface area contributed by atoms with Crippen LogP contribution in [0.25, 0.3) is 0 Å². The minimum atomic E-state index is -0.805. The van der Waals surface area contributed by atoms with Crippen molar-refractivity contribution in [3.8, 4) is 23.0 Å². The van der Waals surface area contributed by atoms with E-state index in [9.17, 15) is 19.8 Å². The maximum atomic E-state index is 12.3. The van der Waals surface area contributed by atoms with Gasteiger partial charge in [0.2, 0.25) is 0 Å². The highest BCUT2D eigenvalue weighted by molar-refractivity contribution is 5.90. The number of carbonyl (C=O) groups excluding carboxylic acids is 2. The number of rotatable bonds is 14. The third kappa shape index (κ3) is 7.68. The number of carbonyl (C=O) groups is 2. The summed E-state index contributed by atoms with van der Waals surface area (Å²) in [6, 6.07) is 10.4.